The van der Waals surface area contributed by atoms with Crippen molar-refractivity contribution in [3.63, 3.8) is 0 Å². The lowest BCUT2D eigenvalue weighted by Gasteiger charge is -2.18. The number of amides is 1. The van der Waals surface area contributed by atoms with Crippen LogP contribution in [0.3, 0.4) is 0 Å². The number of benzene rings is 3. The lowest BCUT2D eigenvalue weighted by Crippen LogP contribution is -2.24. The lowest BCUT2D eigenvalue weighted by molar-refractivity contribution is -0.117. The number of hydrogen-bond acceptors (Lipinski definition) is 3. The Kier molecular flexibility index (Phi) is 7.80. The standard InChI is InChI=1S/C31H34ClN3O2/c1-3-22(2)24-12-4-9-17-29(24)37-19-11-10-18-34-28-16-8-6-14-26(28)33-31(34)23-20-30(36)35(21-23)27-15-7-5-13-25(27)32/h4-9,12-17,22-23H,3,10-11,18-21H2,1-2H3. The van der Waals surface area contributed by atoms with Gasteiger partial charge in [0.15, 0.2) is 0 Å². The van der Waals surface area contributed by atoms with Crippen molar-refractivity contribution in [3.05, 3.63) is 89.2 Å². The van der Waals surface area contributed by atoms with Crippen LogP contribution in [0.2, 0.25) is 5.02 Å². The average Bonchev–Trinajstić information content (AvgIpc) is 3.49. The van der Waals surface area contributed by atoms with Crippen LogP contribution < -0.4 is 9.64 Å². The first-order valence-corrected chi connectivity index (χ1v) is 13.7. The molecule has 1 fully saturated rings. The number of imidazole rings is 1. The Morgan fingerprint density at radius 2 is 1.78 bits per heavy atom. The molecule has 4 aromatic rings. The van der Waals surface area contributed by atoms with Crippen molar-refractivity contribution in [2.75, 3.05) is 18.1 Å². The number of carbonyl (C=O) groups is 1. The van der Waals surface area contributed by atoms with Crippen LogP contribution >= 0.6 is 11.6 Å². The number of nitrogens with zero attached hydrogens (tertiary/aromatic N) is 3. The average molecular weight is 516 g/mol. The van der Waals surface area contributed by atoms with E-state index in [1.165, 1.54) is 5.56 Å². The van der Waals surface area contributed by atoms with Crippen LogP contribution in [0.15, 0.2) is 72.8 Å². The van der Waals surface area contributed by atoms with Gasteiger partial charge in [0.1, 0.15) is 11.6 Å². The second-order valence-corrected chi connectivity index (χ2v) is 10.3. The van der Waals surface area contributed by atoms with E-state index in [9.17, 15) is 4.79 Å². The summed E-state index contributed by atoms with van der Waals surface area (Å²) in [7, 11) is 0. The molecule has 6 heteroatoms. The van der Waals surface area contributed by atoms with Gasteiger partial charge in [-0.15, -0.1) is 0 Å². The van der Waals surface area contributed by atoms with Gasteiger partial charge in [0.2, 0.25) is 5.91 Å². The summed E-state index contributed by atoms with van der Waals surface area (Å²) in [5, 5.41) is 0.597. The second kappa shape index (κ2) is 11.4. The van der Waals surface area contributed by atoms with E-state index in [2.05, 4.69) is 48.7 Å². The number of para-hydroxylation sites is 4. The fourth-order valence-electron chi connectivity index (χ4n) is 5.22. The molecule has 192 valence electrons. The van der Waals surface area contributed by atoms with E-state index in [4.69, 9.17) is 21.3 Å². The predicted molar refractivity (Wildman–Crippen MR) is 151 cm³/mol. The number of rotatable bonds is 10. The molecule has 0 radical (unpaired) electrons. The number of aryl methyl sites for hydroxylation is 1. The maximum absolute atomic E-state index is 13.0. The molecule has 5 rings (SSSR count). The van der Waals surface area contributed by atoms with Gasteiger partial charge in [-0.3, -0.25) is 4.79 Å². The van der Waals surface area contributed by atoms with Gasteiger partial charge in [0, 0.05) is 25.4 Å². The molecule has 1 aliphatic heterocycles. The van der Waals surface area contributed by atoms with Gasteiger partial charge in [-0.1, -0.05) is 67.9 Å². The van der Waals surface area contributed by atoms with Crippen LogP contribution in [0.25, 0.3) is 11.0 Å². The van der Waals surface area contributed by atoms with Crippen molar-refractivity contribution < 1.29 is 9.53 Å². The number of fused-ring (bicyclic) bond motifs is 1. The summed E-state index contributed by atoms with van der Waals surface area (Å²) in [6.07, 6.45) is 3.43. The van der Waals surface area contributed by atoms with Gasteiger partial charge in [0.05, 0.1) is 28.4 Å². The Bertz CT molecular complexity index is 1380. The third-order valence-electron chi connectivity index (χ3n) is 7.41. The fraction of sp³-hybridized carbons (Fsp3) is 0.355. The molecule has 0 spiro atoms. The highest BCUT2D eigenvalue weighted by Crippen LogP contribution is 2.36. The van der Waals surface area contributed by atoms with Crippen molar-refractivity contribution >= 4 is 34.2 Å². The van der Waals surface area contributed by atoms with E-state index in [-0.39, 0.29) is 11.8 Å². The fourth-order valence-corrected chi connectivity index (χ4v) is 5.46. The molecule has 1 amide bonds. The smallest absolute Gasteiger partial charge is 0.227 e. The van der Waals surface area contributed by atoms with Crippen LogP contribution in [-0.2, 0) is 11.3 Å². The molecule has 0 aliphatic carbocycles. The zero-order valence-corrected chi connectivity index (χ0v) is 22.3. The molecule has 2 atom stereocenters. The Morgan fingerprint density at radius 1 is 1.03 bits per heavy atom. The normalized spacial score (nSPS) is 16.5. The van der Waals surface area contributed by atoms with Crippen LogP contribution in [0.5, 0.6) is 5.75 Å². The summed E-state index contributed by atoms with van der Waals surface area (Å²) in [5.41, 5.74) is 4.14. The molecule has 0 saturated carbocycles. The number of halogens is 1. The van der Waals surface area contributed by atoms with Crippen LogP contribution in [0, 0.1) is 0 Å². The predicted octanol–water partition coefficient (Wildman–Crippen LogP) is 7.58. The van der Waals surface area contributed by atoms with E-state index in [0.717, 1.165) is 54.1 Å². The molecule has 1 aliphatic rings. The molecular weight excluding hydrogens is 482 g/mol. The highest BCUT2D eigenvalue weighted by molar-refractivity contribution is 6.33. The Morgan fingerprint density at radius 3 is 2.62 bits per heavy atom. The molecular formula is C31H34ClN3O2. The van der Waals surface area contributed by atoms with Gasteiger partial charge in [-0.25, -0.2) is 4.98 Å². The van der Waals surface area contributed by atoms with Crippen LogP contribution in [0.4, 0.5) is 5.69 Å². The third-order valence-corrected chi connectivity index (χ3v) is 7.73. The SMILES string of the molecule is CCC(C)c1ccccc1OCCCCn1c(C2CC(=O)N(c3ccccc3Cl)C2)nc2ccccc21. The summed E-state index contributed by atoms with van der Waals surface area (Å²) in [4.78, 5) is 19.8. The van der Waals surface area contributed by atoms with Crippen LogP contribution in [-0.4, -0.2) is 28.6 Å². The zero-order chi connectivity index (χ0) is 25.8. The minimum absolute atomic E-state index is 0.0230. The van der Waals surface area contributed by atoms with Crippen molar-refractivity contribution in [1.82, 2.24) is 9.55 Å². The number of unbranched alkanes of at least 4 members (excludes halogenated alkanes) is 1. The molecule has 0 bridgehead atoms. The second-order valence-electron chi connectivity index (χ2n) is 9.87. The monoisotopic (exact) mass is 515 g/mol. The summed E-state index contributed by atoms with van der Waals surface area (Å²) in [5.74, 6) is 2.57. The Labute approximate surface area is 224 Å². The van der Waals surface area contributed by atoms with Crippen molar-refractivity contribution in [2.24, 2.45) is 0 Å². The first kappa shape index (κ1) is 25.3. The van der Waals surface area contributed by atoms with E-state index >= 15 is 0 Å². The Balaban J connectivity index is 1.28. The molecule has 1 aromatic heterocycles. The molecule has 2 unspecified atom stereocenters. The van der Waals surface area contributed by atoms with Crippen molar-refractivity contribution in [1.29, 1.82) is 0 Å². The number of carbonyl (C=O) groups excluding carboxylic acids is 1. The summed E-state index contributed by atoms with van der Waals surface area (Å²) >= 11 is 6.41. The van der Waals surface area contributed by atoms with Crippen molar-refractivity contribution in [3.8, 4) is 5.75 Å². The van der Waals surface area contributed by atoms with Crippen LogP contribution in [0.1, 0.15) is 62.8 Å². The molecule has 1 saturated heterocycles. The van der Waals surface area contributed by atoms with Gasteiger partial charge in [-0.2, -0.15) is 0 Å². The summed E-state index contributed by atoms with van der Waals surface area (Å²) < 4.78 is 8.50. The highest BCUT2D eigenvalue weighted by atomic mass is 35.5. The number of ether oxygens (including phenoxy) is 1. The zero-order valence-electron chi connectivity index (χ0n) is 21.6. The molecule has 37 heavy (non-hydrogen) atoms. The largest absolute Gasteiger partial charge is 0.493 e. The molecule has 5 nitrogen and oxygen atoms in total. The Hall–Kier alpha value is -3.31. The molecule has 2 heterocycles. The number of anilines is 1. The topological polar surface area (TPSA) is 47.4 Å². The third kappa shape index (κ3) is 5.37. The van der Waals surface area contributed by atoms with Gasteiger partial charge in [-0.05, 0) is 61.1 Å². The lowest BCUT2D eigenvalue weighted by atomic mass is 9.98. The highest BCUT2D eigenvalue weighted by Gasteiger charge is 2.35. The maximum atomic E-state index is 13.0. The van der Waals surface area contributed by atoms with E-state index in [0.29, 0.717) is 30.5 Å². The minimum atomic E-state index is 0.0230. The summed E-state index contributed by atoms with van der Waals surface area (Å²) in [6, 6.07) is 24.1. The molecule has 3 aromatic carbocycles. The van der Waals surface area contributed by atoms with E-state index in [1.807, 2.05) is 42.5 Å². The van der Waals surface area contributed by atoms with Gasteiger partial charge < -0.3 is 14.2 Å². The van der Waals surface area contributed by atoms with Gasteiger partial charge >= 0.3 is 0 Å². The van der Waals surface area contributed by atoms with Gasteiger partial charge in [0.25, 0.3) is 0 Å². The molecule has 0 N–H and O–H groups in total. The maximum Gasteiger partial charge on any atom is 0.227 e. The van der Waals surface area contributed by atoms with Crippen molar-refractivity contribution in [2.45, 2.75) is 57.9 Å². The van der Waals surface area contributed by atoms with E-state index < -0.39 is 0 Å². The first-order valence-electron chi connectivity index (χ1n) is 13.3. The quantitative estimate of drug-likeness (QED) is 0.204. The summed E-state index contributed by atoms with van der Waals surface area (Å²) in [6.45, 7) is 6.55. The minimum Gasteiger partial charge on any atom is -0.493 e. The first-order chi connectivity index (χ1) is 18.1. The van der Waals surface area contributed by atoms with E-state index in [1.54, 1.807) is 4.90 Å². The number of aromatic nitrogens is 2. The number of hydrogen-bond donors (Lipinski definition) is 0.